The minimum Gasteiger partial charge on any atom is -0.465 e. The second-order valence-corrected chi connectivity index (χ2v) is 4.31. The average molecular weight is 256 g/mol. The highest BCUT2D eigenvalue weighted by Crippen LogP contribution is 2.22. The van der Waals surface area contributed by atoms with Gasteiger partial charge in [0.25, 0.3) is 0 Å². The number of esters is 1. The quantitative estimate of drug-likeness (QED) is 0.626. The third kappa shape index (κ3) is 2.91. The van der Waals surface area contributed by atoms with E-state index >= 15 is 0 Å². The lowest BCUT2D eigenvalue weighted by molar-refractivity contribution is 0.0600. The first-order valence-corrected chi connectivity index (χ1v) is 5.96. The van der Waals surface area contributed by atoms with Gasteiger partial charge in [0.1, 0.15) is 0 Å². The number of aromatic nitrogens is 1. The van der Waals surface area contributed by atoms with Crippen molar-refractivity contribution in [2.24, 2.45) is 12.0 Å². The van der Waals surface area contributed by atoms with E-state index in [0.717, 1.165) is 16.8 Å². The normalized spacial score (nSPS) is 10.9. The lowest BCUT2D eigenvalue weighted by Crippen LogP contribution is -2.03. The Labute approximate surface area is 112 Å². The monoisotopic (exact) mass is 256 g/mol. The van der Waals surface area contributed by atoms with Gasteiger partial charge in [0.2, 0.25) is 0 Å². The number of methoxy groups -OCH3 is 1. The number of aliphatic imine (C=N–C) groups is 1. The van der Waals surface area contributed by atoms with Crippen molar-refractivity contribution >= 4 is 17.9 Å². The van der Waals surface area contributed by atoms with Crippen LogP contribution >= 0.6 is 0 Å². The maximum Gasteiger partial charge on any atom is 0.338 e. The molecule has 1 aromatic heterocycles. The van der Waals surface area contributed by atoms with Gasteiger partial charge in [-0.25, -0.2) is 4.79 Å². The minimum atomic E-state index is -0.339. The highest BCUT2D eigenvalue weighted by Gasteiger charge is 2.10. The molecule has 0 radical (unpaired) electrons. The van der Waals surface area contributed by atoms with Gasteiger partial charge in [0.05, 0.1) is 18.4 Å². The van der Waals surface area contributed by atoms with Crippen molar-refractivity contribution in [1.29, 1.82) is 0 Å². The number of carbonyl (C=O) groups is 1. The number of carbonyl (C=O) groups excluding carboxylic acids is 1. The summed E-state index contributed by atoms with van der Waals surface area (Å²) in [6, 6.07) is 7.39. The molecule has 0 unspecified atom stereocenters. The zero-order valence-electron chi connectivity index (χ0n) is 11.3. The maximum absolute atomic E-state index is 11.6. The van der Waals surface area contributed by atoms with Crippen LogP contribution in [0.15, 0.2) is 41.7 Å². The Morgan fingerprint density at radius 1 is 1.37 bits per heavy atom. The zero-order chi connectivity index (χ0) is 13.8. The van der Waals surface area contributed by atoms with Gasteiger partial charge in [-0.05, 0) is 30.7 Å². The second-order valence-electron chi connectivity index (χ2n) is 4.31. The molecule has 0 N–H and O–H groups in total. The third-order valence-corrected chi connectivity index (χ3v) is 2.92. The van der Waals surface area contributed by atoms with Crippen molar-refractivity contribution in [3.05, 3.63) is 53.3 Å². The van der Waals surface area contributed by atoms with E-state index in [4.69, 9.17) is 4.74 Å². The van der Waals surface area contributed by atoms with E-state index in [1.165, 1.54) is 7.11 Å². The van der Waals surface area contributed by atoms with Gasteiger partial charge in [-0.1, -0.05) is 6.07 Å². The van der Waals surface area contributed by atoms with Crippen LogP contribution < -0.4 is 0 Å². The van der Waals surface area contributed by atoms with E-state index in [1.807, 2.05) is 43.1 Å². The van der Waals surface area contributed by atoms with Gasteiger partial charge in [-0.3, -0.25) is 4.99 Å². The zero-order valence-corrected chi connectivity index (χ0v) is 11.3. The molecule has 2 rings (SSSR count). The average Bonchev–Trinajstić information content (AvgIpc) is 2.82. The molecule has 0 bridgehead atoms. The van der Waals surface area contributed by atoms with Gasteiger partial charge in [0.15, 0.2) is 0 Å². The van der Waals surface area contributed by atoms with Crippen LogP contribution in [0.5, 0.6) is 0 Å². The summed E-state index contributed by atoms with van der Waals surface area (Å²) in [4.78, 5) is 16.0. The maximum atomic E-state index is 11.6. The SMILES string of the molecule is COC(=O)c1cccc(N=Cc2ccn(C)c2)c1C. The van der Waals surface area contributed by atoms with Gasteiger partial charge in [-0.2, -0.15) is 0 Å². The Hall–Kier alpha value is -2.36. The molecule has 0 saturated carbocycles. The van der Waals surface area contributed by atoms with Crippen LogP contribution in [0.4, 0.5) is 5.69 Å². The highest BCUT2D eigenvalue weighted by atomic mass is 16.5. The summed E-state index contributed by atoms with van der Waals surface area (Å²) in [6.07, 6.45) is 5.71. The summed E-state index contributed by atoms with van der Waals surface area (Å²) in [5.41, 5.74) is 3.16. The van der Waals surface area contributed by atoms with Crippen molar-refractivity contribution in [1.82, 2.24) is 4.57 Å². The predicted molar refractivity (Wildman–Crippen MR) is 75.2 cm³/mol. The summed E-state index contributed by atoms with van der Waals surface area (Å²) < 4.78 is 6.70. The van der Waals surface area contributed by atoms with Crippen LogP contribution in [0.2, 0.25) is 0 Å². The standard InChI is InChI=1S/C15H16N2O2/c1-11-13(15(18)19-3)5-4-6-14(11)16-9-12-7-8-17(2)10-12/h4-10H,1-3H3. The highest BCUT2D eigenvalue weighted by molar-refractivity contribution is 5.93. The number of hydrogen-bond donors (Lipinski definition) is 0. The second kappa shape index (κ2) is 5.52. The number of hydrogen-bond acceptors (Lipinski definition) is 3. The van der Waals surface area contributed by atoms with Gasteiger partial charge >= 0.3 is 5.97 Å². The van der Waals surface area contributed by atoms with Crippen LogP contribution in [0.1, 0.15) is 21.5 Å². The van der Waals surface area contributed by atoms with E-state index < -0.39 is 0 Å². The minimum absolute atomic E-state index is 0.339. The molecule has 0 aliphatic rings. The van der Waals surface area contributed by atoms with Crippen LogP contribution in [-0.4, -0.2) is 23.9 Å². The molecule has 19 heavy (non-hydrogen) atoms. The molecule has 4 heteroatoms. The summed E-state index contributed by atoms with van der Waals surface area (Å²) in [7, 11) is 3.34. The van der Waals surface area contributed by atoms with Crippen LogP contribution in [0.3, 0.4) is 0 Å². The molecule has 0 aliphatic heterocycles. The van der Waals surface area contributed by atoms with Gasteiger partial charge in [-0.15, -0.1) is 0 Å². The van der Waals surface area contributed by atoms with Crippen molar-refractivity contribution in [3.8, 4) is 0 Å². The predicted octanol–water partition coefficient (Wildman–Crippen LogP) is 2.87. The summed E-state index contributed by atoms with van der Waals surface area (Å²) >= 11 is 0. The molecule has 0 saturated heterocycles. The molecule has 0 aliphatic carbocycles. The molecular formula is C15H16N2O2. The van der Waals surface area contributed by atoms with Crippen molar-refractivity contribution in [3.63, 3.8) is 0 Å². The fourth-order valence-corrected chi connectivity index (χ4v) is 1.84. The molecule has 0 fully saturated rings. The first kappa shape index (κ1) is 13.1. The van der Waals surface area contributed by atoms with Crippen LogP contribution in [-0.2, 0) is 11.8 Å². The number of ether oxygens (including phenoxy) is 1. The Morgan fingerprint density at radius 3 is 2.79 bits per heavy atom. The number of aryl methyl sites for hydroxylation is 1. The van der Waals surface area contributed by atoms with Gasteiger partial charge in [0, 0.05) is 31.2 Å². The van der Waals surface area contributed by atoms with E-state index in [2.05, 4.69) is 4.99 Å². The molecule has 4 nitrogen and oxygen atoms in total. The Morgan fingerprint density at radius 2 is 2.16 bits per heavy atom. The van der Waals surface area contributed by atoms with E-state index in [1.54, 1.807) is 18.3 Å². The molecule has 1 heterocycles. The first-order valence-electron chi connectivity index (χ1n) is 5.96. The molecule has 0 atom stereocenters. The van der Waals surface area contributed by atoms with E-state index in [0.29, 0.717) is 5.56 Å². The summed E-state index contributed by atoms with van der Waals surface area (Å²) in [5.74, 6) is -0.339. The lowest BCUT2D eigenvalue weighted by atomic mass is 10.1. The van der Waals surface area contributed by atoms with Crippen molar-refractivity contribution in [2.45, 2.75) is 6.92 Å². The smallest absolute Gasteiger partial charge is 0.338 e. The van der Waals surface area contributed by atoms with E-state index in [-0.39, 0.29) is 5.97 Å². The van der Waals surface area contributed by atoms with E-state index in [9.17, 15) is 4.79 Å². The molecule has 98 valence electrons. The Balaban J connectivity index is 2.31. The molecule has 0 amide bonds. The Kier molecular flexibility index (Phi) is 3.80. The topological polar surface area (TPSA) is 43.6 Å². The fourth-order valence-electron chi connectivity index (χ4n) is 1.84. The molecular weight excluding hydrogens is 240 g/mol. The largest absolute Gasteiger partial charge is 0.465 e. The van der Waals surface area contributed by atoms with Gasteiger partial charge < -0.3 is 9.30 Å². The summed E-state index contributed by atoms with van der Waals surface area (Å²) in [5, 5.41) is 0. The first-order chi connectivity index (χ1) is 9.11. The Bertz CT molecular complexity index is 627. The number of nitrogens with zero attached hydrogens (tertiary/aromatic N) is 2. The van der Waals surface area contributed by atoms with Crippen LogP contribution in [0, 0.1) is 6.92 Å². The van der Waals surface area contributed by atoms with Crippen molar-refractivity contribution < 1.29 is 9.53 Å². The van der Waals surface area contributed by atoms with Crippen LogP contribution in [0.25, 0.3) is 0 Å². The lowest BCUT2D eigenvalue weighted by Gasteiger charge is -2.05. The number of rotatable bonds is 3. The summed E-state index contributed by atoms with van der Waals surface area (Å²) in [6.45, 7) is 1.86. The molecule has 0 spiro atoms. The molecule has 1 aromatic carbocycles. The third-order valence-electron chi connectivity index (χ3n) is 2.92. The fraction of sp³-hybridized carbons (Fsp3) is 0.200. The van der Waals surface area contributed by atoms with Crippen molar-refractivity contribution in [2.75, 3.05) is 7.11 Å². The molecule has 2 aromatic rings. The number of benzene rings is 1.